The molecule has 0 spiro atoms. The zero-order chi connectivity index (χ0) is 10.6. The molecule has 0 atom stereocenters. The van der Waals surface area contributed by atoms with Crippen molar-refractivity contribution in [1.29, 1.82) is 5.26 Å². The van der Waals surface area contributed by atoms with Gasteiger partial charge in [0.15, 0.2) is 0 Å². The maximum atomic E-state index is 8.78. The van der Waals surface area contributed by atoms with Crippen LogP contribution < -0.4 is 10.6 Å². The Morgan fingerprint density at radius 1 is 1.50 bits per heavy atom. The number of hydrogen-bond acceptors (Lipinski definition) is 3. The van der Waals surface area contributed by atoms with E-state index in [-0.39, 0.29) is 0 Å². The zero-order valence-electron chi connectivity index (χ0n) is 8.00. The number of nitrogens with zero attached hydrogens (tertiary/aromatic N) is 2. The van der Waals surface area contributed by atoms with Crippen molar-refractivity contribution in [2.45, 2.75) is 0 Å². The van der Waals surface area contributed by atoms with Gasteiger partial charge in [-0.15, -0.1) is 0 Å². The van der Waals surface area contributed by atoms with Crippen molar-refractivity contribution in [3.63, 3.8) is 0 Å². The standard InChI is InChI=1S/C10H12BrN3/c1-14(3-2-12)10-5-8(7-13)4-9(11)6-10/h4-6H,2-3,12H2,1H3. The van der Waals surface area contributed by atoms with Gasteiger partial charge < -0.3 is 10.6 Å². The molecule has 0 fully saturated rings. The van der Waals surface area contributed by atoms with Gasteiger partial charge in [0.2, 0.25) is 0 Å². The van der Waals surface area contributed by atoms with Crippen LogP contribution in [-0.4, -0.2) is 20.1 Å². The van der Waals surface area contributed by atoms with Crippen molar-refractivity contribution >= 4 is 21.6 Å². The molecular weight excluding hydrogens is 242 g/mol. The second kappa shape index (κ2) is 4.99. The second-order valence-electron chi connectivity index (χ2n) is 3.02. The summed E-state index contributed by atoms with van der Waals surface area (Å²) in [5.74, 6) is 0. The molecule has 0 aliphatic heterocycles. The maximum Gasteiger partial charge on any atom is 0.0992 e. The highest BCUT2D eigenvalue weighted by Gasteiger charge is 2.02. The summed E-state index contributed by atoms with van der Waals surface area (Å²) in [4.78, 5) is 2.02. The fourth-order valence-corrected chi connectivity index (χ4v) is 1.66. The number of likely N-dealkylation sites (N-methyl/N-ethyl adjacent to an activating group) is 1. The lowest BCUT2D eigenvalue weighted by molar-refractivity contribution is 0.885. The summed E-state index contributed by atoms with van der Waals surface area (Å²) in [7, 11) is 1.95. The lowest BCUT2D eigenvalue weighted by Gasteiger charge is -2.18. The normalized spacial score (nSPS) is 9.57. The largest absolute Gasteiger partial charge is 0.373 e. The summed E-state index contributed by atoms with van der Waals surface area (Å²) >= 11 is 3.36. The minimum Gasteiger partial charge on any atom is -0.373 e. The second-order valence-corrected chi connectivity index (χ2v) is 3.94. The average molecular weight is 254 g/mol. The Morgan fingerprint density at radius 2 is 2.21 bits per heavy atom. The van der Waals surface area contributed by atoms with Crippen molar-refractivity contribution in [3.05, 3.63) is 28.2 Å². The first kappa shape index (κ1) is 11.0. The molecule has 1 aromatic carbocycles. The van der Waals surface area contributed by atoms with E-state index >= 15 is 0 Å². The fourth-order valence-electron chi connectivity index (χ4n) is 1.18. The minimum atomic E-state index is 0.602. The van der Waals surface area contributed by atoms with E-state index in [1.807, 2.05) is 24.1 Å². The lowest BCUT2D eigenvalue weighted by atomic mass is 10.2. The SMILES string of the molecule is CN(CCN)c1cc(Br)cc(C#N)c1. The summed E-state index contributed by atoms with van der Waals surface area (Å²) in [6.45, 7) is 1.38. The molecule has 1 rings (SSSR count). The Labute approximate surface area is 92.3 Å². The van der Waals surface area contributed by atoms with E-state index in [9.17, 15) is 0 Å². The average Bonchev–Trinajstić information content (AvgIpc) is 2.17. The van der Waals surface area contributed by atoms with Gasteiger partial charge in [-0.05, 0) is 18.2 Å². The van der Waals surface area contributed by atoms with Gasteiger partial charge in [0.25, 0.3) is 0 Å². The van der Waals surface area contributed by atoms with Crippen molar-refractivity contribution in [2.24, 2.45) is 5.73 Å². The van der Waals surface area contributed by atoms with Gasteiger partial charge in [-0.2, -0.15) is 5.26 Å². The van der Waals surface area contributed by atoms with Crippen LogP contribution in [0.5, 0.6) is 0 Å². The predicted molar refractivity (Wildman–Crippen MR) is 61.2 cm³/mol. The summed E-state index contributed by atoms with van der Waals surface area (Å²) in [5, 5.41) is 8.78. The van der Waals surface area contributed by atoms with Crippen LogP contribution in [0.1, 0.15) is 5.56 Å². The van der Waals surface area contributed by atoms with E-state index in [4.69, 9.17) is 11.0 Å². The third kappa shape index (κ3) is 2.72. The summed E-state index contributed by atoms with van der Waals surface area (Å²) in [5.41, 5.74) is 7.11. The number of nitriles is 1. The van der Waals surface area contributed by atoms with Crippen molar-refractivity contribution in [3.8, 4) is 6.07 Å². The van der Waals surface area contributed by atoms with Crippen LogP contribution in [0.4, 0.5) is 5.69 Å². The molecule has 2 N–H and O–H groups in total. The van der Waals surface area contributed by atoms with E-state index in [1.165, 1.54) is 0 Å². The Hall–Kier alpha value is -1.05. The lowest BCUT2D eigenvalue weighted by Crippen LogP contribution is -2.24. The van der Waals surface area contributed by atoms with Gasteiger partial charge in [0.05, 0.1) is 11.6 Å². The van der Waals surface area contributed by atoms with E-state index in [0.29, 0.717) is 12.1 Å². The van der Waals surface area contributed by atoms with Crippen molar-refractivity contribution in [1.82, 2.24) is 0 Å². The van der Waals surface area contributed by atoms with Gasteiger partial charge in [0.1, 0.15) is 0 Å². The third-order valence-electron chi connectivity index (χ3n) is 1.92. The van der Waals surface area contributed by atoms with Crippen molar-refractivity contribution < 1.29 is 0 Å². The highest BCUT2D eigenvalue weighted by Crippen LogP contribution is 2.21. The number of benzene rings is 1. The Morgan fingerprint density at radius 3 is 2.79 bits per heavy atom. The molecule has 0 saturated carbocycles. The van der Waals surface area contributed by atoms with Gasteiger partial charge >= 0.3 is 0 Å². The number of anilines is 1. The summed E-state index contributed by atoms with van der Waals surface area (Å²) < 4.78 is 0.912. The van der Waals surface area contributed by atoms with Gasteiger partial charge in [0, 0.05) is 30.3 Å². The molecule has 0 bridgehead atoms. The van der Waals surface area contributed by atoms with Crippen LogP contribution in [0.15, 0.2) is 22.7 Å². The number of rotatable bonds is 3. The molecule has 0 saturated heterocycles. The predicted octanol–water partition coefficient (Wildman–Crippen LogP) is 1.72. The highest BCUT2D eigenvalue weighted by atomic mass is 79.9. The van der Waals surface area contributed by atoms with E-state index < -0.39 is 0 Å². The first-order valence-corrected chi connectivity index (χ1v) is 5.08. The van der Waals surface area contributed by atoms with Crippen LogP contribution >= 0.6 is 15.9 Å². The first-order valence-electron chi connectivity index (χ1n) is 4.29. The van der Waals surface area contributed by atoms with Gasteiger partial charge in [-0.3, -0.25) is 0 Å². The Balaban J connectivity index is 2.98. The molecule has 0 aliphatic carbocycles. The highest BCUT2D eigenvalue weighted by molar-refractivity contribution is 9.10. The monoisotopic (exact) mass is 253 g/mol. The number of nitrogens with two attached hydrogens (primary N) is 1. The quantitative estimate of drug-likeness (QED) is 0.893. The first-order chi connectivity index (χ1) is 6.67. The van der Waals surface area contributed by atoms with Gasteiger partial charge in [-0.1, -0.05) is 15.9 Å². The Bertz CT molecular complexity index is 357. The number of halogens is 1. The van der Waals surface area contributed by atoms with Crippen LogP contribution in [0.2, 0.25) is 0 Å². The molecule has 0 aliphatic rings. The molecule has 0 aromatic heterocycles. The van der Waals surface area contributed by atoms with Crippen LogP contribution in [-0.2, 0) is 0 Å². The van der Waals surface area contributed by atoms with E-state index in [1.54, 1.807) is 6.07 Å². The molecule has 4 heteroatoms. The molecule has 0 radical (unpaired) electrons. The van der Waals surface area contributed by atoms with E-state index in [0.717, 1.165) is 16.7 Å². The van der Waals surface area contributed by atoms with Crippen LogP contribution in [0.3, 0.4) is 0 Å². The van der Waals surface area contributed by atoms with Gasteiger partial charge in [-0.25, -0.2) is 0 Å². The zero-order valence-corrected chi connectivity index (χ0v) is 9.58. The molecule has 0 heterocycles. The summed E-state index contributed by atoms with van der Waals surface area (Å²) in [6.07, 6.45) is 0. The number of hydrogen-bond donors (Lipinski definition) is 1. The Kier molecular flexibility index (Phi) is 3.93. The molecule has 0 amide bonds. The molecular formula is C10H12BrN3. The minimum absolute atomic E-state index is 0.602. The topological polar surface area (TPSA) is 53.0 Å². The van der Waals surface area contributed by atoms with Crippen LogP contribution in [0.25, 0.3) is 0 Å². The maximum absolute atomic E-state index is 8.78. The molecule has 14 heavy (non-hydrogen) atoms. The molecule has 74 valence electrons. The molecule has 1 aromatic rings. The fraction of sp³-hybridized carbons (Fsp3) is 0.300. The van der Waals surface area contributed by atoms with Crippen LogP contribution in [0, 0.1) is 11.3 Å². The van der Waals surface area contributed by atoms with Crippen molar-refractivity contribution in [2.75, 3.05) is 25.0 Å². The molecule has 3 nitrogen and oxygen atoms in total. The third-order valence-corrected chi connectivity index (χ3v) is 2.37. The van der Waals surface area contributed by atoms with E-state index in [2.05, 4.69) is 22.0 Å². The smallest absolute Gasteiger partial charge is 0.0992 e. The summed E-state index contributed by atoms with van der Waals surface area (Å²) in [6, 6.07) is 7.73. The molecule has 0 unspecified atom stereocenters.